The number of halogens is 2. The van der Waals surface area contributed by atoms with E-state index >= 15 is 0 Å². The number of thioether (sulfide) groups is 1. The van der Waals surface area contributed by atoms with Gasteiger partial charge in [0.1, 0.15) is 0 Å². The third-order valence-corrected chi connectivity index (χ3v) is 4.26. The molecule has 0 aromatic heterocycles. The Balaban J connectivity index is 2.32. The van der Waals surface area contributed by atoms with Gasteiger partial charge in [0, 0.05) is 0 Å². The molecule has 3 N–H and O–H groups in total. The van der Waals surface area contributed by atoms with Crippen molar-refractivity contribution in [2.45, 2.75) is 0 Å². The second kappa shape index (κ2) is 5.96. The molecule has 0 radical (unpaired) electrons. The minimum Gasteiger partial charge on any atom is -0.356 e. The molecule has 100 valence electrons. The lowest BCUT2D eigenvalue weighted by molar-refractivity contribution is -0.367. The van der Waals surface area contributed by atoms with Gasteiger partial charge in [0.05, 0.1) is 28.0 Å². The lowest BCUT2D eigenvalue weighted by atomic mass is 10.2. The van der Waals surface area contributed by atoms with Crippen LogP contribution >= 0.6 is 35.0 Å². The number of hydrogen-bond acceptors (Lipinski definition) is 3. The molecule has 0 saturated carbocycles. The predicted molar refractivity (Wildman–Crippen MR) is 76.9 cm³/mol. The van der Waals surface area contributed by atoms with Crippen molar-refractivity contribution < 1.29 is 15.3 Å². The Morgan fingerprint density at radius 1 is 1.32 bits per heavy atom. The van der Waals surface area contributed by atoms with Crippen molar-refractivity contribution in [2.75, 3.05) is 13.1 Å². The number of imide groups is 1. The fourth-order valence-corrected chi connectivity index (χ4v) is 2.84. The highest BCUT2D eigenvalue weighted by Crippen LogP contribution is 2.34. The number of quaternary nitrogens is 1. The Kier molecular flexibility index (Phi) is 4.52. The van der Waals surface area contributed by atoms with E-state index in [1.807, 2.05) is 0 Å². The molecule has 0 bridgehead atoms. The smallest absolute Gasteiger partial charge is 0.293 e. The van der Waals surface area contributed by atoms with Crippen LogP contribution < -0.4 is 5.73 Å². The van der Waals surface area contributed by atoms with E-state index in [0.29, 0.717) is 33.6 Å². The van der Waals surface area contributed by atoms with Gasteiger partial charge in [0.25, 0.3) is 11.1 Å². The fourth-order valence-electron chi connectivity index (χ4n) is 1.62. The molecule has 1 aliphatic heterocycles. The molecule has 1 heterocycles. The van der Waals surface area contributed by atoms with Crippen LogP contribution in [-0.2, 0) is 4.79 Å². The molecule has 0 atom stereocenters. The Hall–Kier alpha value is -1.01. The van der Waals surface area contributed by atoms with Crippen LogP contribution in [0.25, 0.3) is 6.08 Å². The molecule has 1 fully saturated rings. The summed E-state index contributed by atoms with van der Waals surface area (Å²) in [6.07, 6.45) is 1.59. The molecule has 2 amide bonds. The summed E-state index contributed by atoms with van der Waals surface area (Å²) in [5, 5.41) is 0.499. The first-order chi connectivity index (χ1) is 9.04. The van der Waals surface area contributed by atoms with Crippen molar-refractivity contribution in [3.63, 3.8) is 0 Å². The lowest BCUT2D eigenvalue weighted by Crippen LogP contribution is -2.55. The zero-order valence-corrected chi connectivity index (χ0v) is 12.2. The van der Waals surface area contributed by atoms with Gasteiger partial charge < -0.3 is 5.73 Å². The van der Waals surface area contributed by atoms with E-state index in [9.17, 15) is 9.59 Å². The molecular weight excluding hydrogens is 307 g/mol. The van der Waals surface area contributed by atoms with Crippen LogP contribution in [0.15, 0.2) is 23.1 Å². The largest absolute Gasteiger partial charge is 0.356 e. The van der Waals surface area contributed by atoms with E-state index < -0.39 is 0 Å². The van der Waals surface area contributed by atoms with Crippen molar-refractivity contribution in [3.05, 3.63) is 38.7 Å². The normalized spacial score (nSPS) is 17.6. The summed E-state index contributed by atoms with van der Waals surface area (Å²) in [5.41, 5.74) is 4.26. The molecule has 1 aromatic rings. The number of benzene rings is 1. The average Bonchev–Trinajstić information content (AvgIpc) is 2.63. The molecule has 4 nitrogen and oxygen atoms in total. The highest BCUT2D eigenvalue weighted by molar-refractivity contribution is 8.18. The number of nitrogens with zero attached hydrogens (tertiary/aromatic N) is 1. The van der Waals surface area contributed by atoms with E-state index in [1.165, 1.54) is 4.90 Å². The van der Waals surface area contributed by atoms with Crippen LogP contribution in [0.4, 0.5) is 4.79 Å². The number of hydrogen-bond donors (Lipinski definition) is 1. The molecular formula is C12H11Cl2N2O2S+. The van der Waals surface area contributed by atoms with Gasteiger partial charge in [0.15, 0.2) is 0 Å². The summed E-state index contributed by atoms with van der Waals surface area (Å²) in [7, 11) is 0. The minimum atomic E-state index is -0.310. The summed E-state index contributed by atoms with van der Waals surface area (Å²) >= 11 is 12.9. The second-order valence-electron chi connectivity index (χ2n) is 3.83. The molecule has 7 heteroatoms. The van der Waals surface area contributed by atoms with Gasteiger partial charge in [-0.2, -0.15) is 0 Å². The van der Waals surface area contributed by atoms with E-state index in [2.05, 4.69) is 5.73 Å². The van der Waals surface area contributed by atoms with Gasteiger partial charge in [-0.25, -0.2) is 0 Å². The van der Waals surface area contributed by atoms with Gasteiger partial charge in [0.2, 0.25) is 0 Å². The third-order valence-electron chi connectivity index (χ3n) is 2.52. The minimum absolute atomic E-state index is 0.280. The third kappa shape index (κ3) is 2.95. The lowest BCUT2D eigenvalue weighted by Gasteiger charge is -2.08. The molecule has 1 aliphatic rings. The molecule has 2 rings (SSSR count). The van der Waals surface area contributed by atoms with E-state index in [0.717, 1.165) is 11.8 Å². The van der Waals surface area contributed by atoms with Gasteiger partial charge >= 0.3 is 0 Å². The van der Waals surface area contributed by atoms with Crippen LogP contribution in [0.3, 0.4) is 0 Å². The highest BCUT2D eigenvalue weighted by Gasteiger charge is 2.34. The molecule has 0 aliphatic carbocycles. The Morgan fingerprint density at radius 2 is 2.05 bits per heavy atom. The quantitative estimate of drug-likeness (QED) is 0.870. The fraction of sp³-hybridized carbons (Fsp3) is 0.167. The summed E-state index contributed by atoms with van der Waals surface area (Å²) in [5.74, 6) is -0.310. The first kappa shape index (κ1) is 14.4. The number of carbonyl (C=O) groups is 2. The zero-order valence-electron chi connectivity index (χ0n) is 9.86. The van der Waals surface area contributed by atoms with Gasteiger partial charge in [-0.15, -0.1) is 0 Å². The first-order valence-electron chi connectivity index (χ1n) is 5.53. The SMILES string of the molecule is [NH3+]CCN1C(=O)S/C(=C\c2cccc(Cl)c2Cl)C1=O. The van der Waals surface area contributed by atoms with Crippen LogP contribution in [0.1, 0.15) is 5.56 Å². The van der Waals surface area contributed by atoms with Crippen molar-refractivity contribution in [1.29, 1.82) is 0 Å². The summed E-state index contributed by atoms with van der Waals surface area (Å²) in [4.78, 5) is 25.2. The first-order valence-corrected chi connectivity index (χ1v) is 7.10. The Bertz CT molecular complexity index is 575. The summed E-state index contributed by atoms with van der Waals surface area (Å²) < 4.78 is 0. The average molecular weight is 318 g/mol. The van der Waals surface area contributed by atoms with Gasteiger partial charge in [-0.05, 0) is 29.5 Å². The van der Waals surface area contributed by atoms with Crippen molar-refractivity contribution >= 4 is 52.2 Å². The van der Waals surface area contributed by atoms with Gasteiger partial charge in [-0.1, -0.05) is 35.3 Å². The molecule has 1 saturated heterocycles. The zero-order chi connectivity index (χ0) is 14.0. The van der Waals surface area contributed by atoms with E-state index in [1.54, 1.807) is 24.3 Å². The second-order valence-corrected chi connectivity index (χ2v) is 5.61. The maximum Gasteiger partial charge on any atom is 0.293 e. The molecule has 0 unspecified atom stereocenters. The standard InChI is InChI=1S/C12H10Cl2N2O2S/c13-8-3-1-2-7(10(8)14)6-9-11(17)16(5-4-15)12(18)19-9/h1-3,6H,4-5,15H2/p+1/b9-6-. The molecule has 1 aromatic carbocycles. The maximum atomic E-state index is 12.0. The number of carbonyl (C=O) groups excluding carboxylic acids is 2. The van der Waals surface area contributed by atoms with Crippen LogP contribution in [0.5, 0.6) is 0 Å². The van der Waals surface area contributed by atoms with Crippen molar-refractivity contribution in [2.24, 2.45) is 0 Å². The van der Waals surface area contributed by atoms with Gasteiger partial charge in [-0.3, -0.25) is 14.5 Å². The Morgan fingerprint density at radius 3 is 2.74 bits per heavy atom. The number of amides is 2. The molecule has 0 spiro atoms. The maximum absolute atomic E-state index is 12.0. The van der Waals surface area contributed by atoms with Crippen molar-refractivity contribution in [3.8, 4) is 0 Å². The highest BCUT2D eigenvalue weighted by atomic mass is 35.5. The summed E-state index contributed by atoms with van der Waals surface area (Å²) in [6.45, 7) is 0.814. The van der Waals surface area contributed by atoms with E-state index in [-0.39, 0.29) is 11.1 Å². The van der Waals surface area contributed by atoms with Crippen LogP contribution in [-0.4, -0.2) is 29.1 Å². The topological polar surface area (TPSA) is 65.0 Å². The monoisotopic (exact) mass is 317 g/mol. The number of rotatable bonds is 3. The van der Waals surface area contributed by atoms with Crippen LogP contribution in [0, 0.1) is 0 Å². The summed E-state index contributed by atoms with van der Waals surface area (Å²) in [6, 6.07) is 5.14. The van der Waals surface area contributed by atoms with E-state index in [4.69, 9.17) is 23.2 Å². The Labute approximate surface area is 124 Å². The van der Waals surface area contributed by atoms with Crippen LogP contribution in [0.2, 0.25) is 10.0 Å². The predicted octanol–water partition coefficient (Wildman–Crippen LogP) is 2.27. The van der Waals surface area contributed by atoms with Crippen molar-refractivity contribution in [1.82, 2.24) is 4.90 Å². The molecule has 19 heavy (non-hydrogen) atoms.